The van der Waals surface area contributed by atoms with Gasteiger partial charge in [-0.2, -0.15) is 26.3 Å². The van der Waals surface area contributed by atoms with Gasteiger partial charge in [-0.1, -0.05) is 18.2 Å². The predicted octanol–water partition coefficient (Wildman–Crippen LogP) is 5.58. The van der Waals surface area contributed by atoms with E-state index < -0.39 is 44.3 Å². The quantitative estimate of drug-likeness (QED) is 0.221. The van der Waals surface area contributed by atoms with E-state index in [1.165, 1.54) is 24.3 Å². The lowest BCUT2D eigenvalue weighted by Crippen LogP contribution is -2.47. The van der Waals surface area contributed by atoms with Gasteiger partial charge in [0.1, 0.15) is 5.75 Å². The number of halogens is 6. The van der Waals surface area contributed by atoms with Crippen LogP contribution in [-0.4, -0.2) is 30.5 Å². The zero-order chi connectivity index (χ0) is 25.4. The fraction of sp³-hybridized carbons (Fsp3) is 0.455. The van der Waals surface area contributed by atoms with Gasteiger partial charge >= 0.3 is 21.0 Å². The maximum absolute atomic E-state index is 13.6. The normalized spacial score (nSPS) is 14.2. The number of aliphatic hydroxyl groups excluding tert-OH is 1. The summed E-state index contributed by atoms with van der Waals surface area (Å²) in [5.74, 6) is -0.363. The van der Waals surface area contributed by atoms with Crippen LogP contribution < -0.4 is 10.5 Å². The average Bonchev–Trinajstić information content (AvgIpc) is 2.78. The molecule has 12 heteroatoms. The van der Waals surface area contributed by atoms with E-state index in [1.807, 2.05) is 0 Å². The molecule has 0 radical (unpaired) electrons. The Kier molecular flexibility index (Phi) is 9.87. The van der Waals surface area contributed by atoms with Crippen molar-refractivity contribution in [2.24, 2.45) is 5.73 Å². The highest BCUT2D eigenvalue weighted by molar-refractivity contribution is 7.17. The number of alkyl halides is 6. The topological polar surface area (TPSA) is 81.8 Å². The van der Waals surface area contributed by atoms with Crippen LogP contribution in [0.3, 0.4) is 0 Å². The standard InChI is InChI=1S/C22H24F6NO4P/c23-21(24,25)17-6-3-15(4-7-17)2-1-11-32-19-8-5-16(12-18(19)22(26,27)28)9-10-20(29,13-30)14-33-34-31/h3-8,12,30H,1-2,9-11,13-14,29H2. The molecule has 1 atom stereocenters. The van der Waals surface area contributed by atoms with Crippen LogP contribution in [0, 0.1) is 0 Å². The van der Waals surface area contributed by atoms with Crippen molar-refractivity contribution in [3.05, 3.63) is 64.7 Å². The van der Waals surface area contributed by atoms with Crippen molar-refractivity contribution < 1.29 is 45.3 Å². The minimum Gasteiger partial charge on any atom is -0.493 e. The summed E-state index contributed by atoms with van der Waals surface area (Å²) in [6.45, 7) is -0.804. The third-order valence-electron chi connectivity index (χ3n) is 5.13. The smallest absolute Gasteiger partial charge is 0.419 e. The lowest BCUT2D eigenvalue weighted by Gasteiger charge is -2.25. The molecule has 0 aliphatic carbocycles. The molecular formula is C22H24F6NO4P. The molecule has 5 nitrogen and oxygen atoms in total. The van der Waals surface area contributed by atoms with Crippen molar-refractivity contribution in [2.75, 3.05) is 19.8 Å². The first-order valence-corrected chi connectivity index (χ1v) is 10.9. The molecule has 0 aliphatic heterocycles. The van der Waals surface area contributed by atoms with Crippen molar-refractivity contribution in [1.82, 2.24) is 0 Å². The van der Waals surface area contributed by atoms with Crippen LogP contribution in [-0.2, 0) is 34.3 Å². The molecule has 0 aliphatic rings. The van der Waals surface area contributed by atoms with E-state index in [4.69, 9.17) is 10.5 Å². The number of aryl methyl sites for hydroxylation is 2. The summed E-state index contributed by atoms with van der Waals surface area (Å²) < 4.78 is 98.9. The molecule has 0 bridgehead atoms. The van der Waals surface area contributed by atoms with Crippen molar-refractivity contribution >= 4 is 8.69 Å². The van der Waals surface area contributed by atoms with Crippen LogP contribution >= 0.6 is 8.69 Å². The summed E-state index contributed by atoms with van der Waals surface area (Å²) in [7, 11) is -0.620. The molecule has 2 aromatic rings. The Labute approximate surface area is 194 Å². The van der Waals surface area contributed by atoms with E-state index >= 15 is 0 Å². The van der Waals surface area contributed by atoms with Crippen molar-refractivity contribution in [3.63, 3.8) is 0 Å². The number of rotatable bonds is 12. The van der Waals surface area contributed by atoms with Gasteiger partial charge in [-0.15, -0.1) is 0 Å². The highest BCUT2D eigenvalue weighted by Gasteiger charge is 2.35. The Hall–Kier alpha value is -2.20. The van der Waals surface area contributed by atoms with E-state index in [0.717, 1.165) is 18.2 Å². The van der Waals surface area contributed by atoms with Gasteiger partial charge in [0, 0.05) is 0 Å². The third kappa shape index (κ3) is 8.54. The molecule has 0 spiro atoms. The fourth-order valence-corrected chi connectivity index (χ4v) is 3.45. The van der Waals surface area contributed by atoms with E-state index in [1.54, 1.807) is 0 Å². The molecule has 3 N–H and O–H groups in total. The summed E-state index contributed by atoms with van der Waals surface area (Å²) >= 11 is 0. The zero-order valence-electron chi connectivity index (χ0n) is 18.0. The molecule has 188 valence electrons. The minimum atomic E-state index is -4.68. The number of benzene rings is 2. The Morgan fingerprint density at radius 3 is 2.12 bits per heavy atom. The SMILES string of the molecule is NC(CO)(CCc1ccc(OCCCc2ccc(C(F)(F)F)cc2)c(C(F)(F)F)c1)COP=O. The number of ether oxygens (including phenoxy) is 1. The molecule has 2 aromatic carbocycles. The van der Waals surface area contributed by atoms with Gasteiger partial charge in [0.25, 0.3) is 0 Å². The molecule has 34 heavy (non-hydrogen) atoms. The van der Waals surface area contributed by atoms with Crippen LogP contribution in [0.15, 0.2) is 42.5 Å². The summed E-state index contributed by atoms with van der Waals surface area (Å²) in [6, 6.07) is 8.14. The average molecular weight is 511 g/mol. The second-order valence-electron chi connectivity index (χ2n) is 7.84. The molecule has 2 rings (SSSR count). The molecule has 0 amide bonds. The van der Waals surface area contributed by atoms with Gasteiger partial charge in [-0.3, -0.25) is 4.52 Å². The molecule has 0 aromatic heterocycles. The van der Waals surface area contributed by atoms with Gasteiger partial charge in [-0.25, -0.2) is 4.57 Å². The first-order chi connectivity index (χ1) is 15.9. The van der Waals surface area contributed by atoms with E-state index in [9.17, 15) is 36.0 Å². The Bertz CT molecular complexity index is 936. The fourth-order valence-electron chi connectivity index (χ4n) is 3.14. The van der Waals surface area contributed by atoms with Gasteiger partial charge in [0.05, 0.1) is 36.5 Å². The lowest BCUT2D eigenvalue weighted by atomic mass is 9.93. The second-order valence-corrected chi connectivity index (χ2v) is 8.25. The molecule has 0 fully saturated rings. The minimum absolute atomic E-state index is 0.0639. The van der Waals surface area contributed by atoms with Crippen LogP contribution in [0.25, 0.3) is 0 Å². The second kappa shape index (κ2) is 12.0. The number of hydrogen-bond donors (Lipinski definition) is 2. The van der Waals surface area contributed by atoms with Crippen molar-refractivity contribution in [2.45, 2.75) is 43.6 Å². The van der Waals surface area contributed by atoms with Gasteiger partial charge in [0.2, 0.25) is 0 Å². The largest absolute Gasteiger partial charge is 0.493 e. The highest BCUT2D eigenvalue weighted by Crippen LogP contribution is 2.37. The zero-order valence-corrected chi connectivity index (χ0v) is 18.8. The Morgan fingerprint density at radius 1 is 0.912 bits per heavy atom. The molecule has 1 unspecified atom stereocenters. The maximum atomic E-state index is 13.6. The first kappa shape index (κ1) is 28.0. The summed E-state index contributed by atoms with van der Waals surface area (Å²) in [4.78, 5) is 0. The van der Waals surface area contributed by atoms with Crippen molar-refractivity contribution in [1.29, 1.82) is 0 Å². The Morgan fingerprint density at radius 2 is 1.56 bits per heavy atom. The summed E-state index contributed by atoms with van der Waals surface area (Å²) in [5.41, 5.74) is 3.84. The highest BCUT2D eigenvalue weighted by atomic mass is 31.1. The van der Waals surface area contributed by atoms with Gasteiger partial charge < -0.3 is 15.6 Å². The molecule has 0 heterocycles. The molecular weight excluding hydrogens is 487 g/mol. The predicted molar refractivity (Wildman–Crippen MR) is 113 cm³/mol. The van der Waals surface area contributed by atoms with E-state index in [2.05, 4.69) is 4.52 Å². The van der Waals surface area contributed by atoms with Gasteiger partial charge in [-0.05, 0) is 61.1 Å². The Balaban J connectivity index is 1.99. The first-order valence-electron chi connectivity index (χ1n) is 10.2. The number of nitrogens with two attached hydrogens (primary N) is 1. The number of hydrogen-bond acceptors (Lipinski definition) is 5. The lowest BCUT2D eigenvalue weighted by molar-refractivity contribution is -0.139. The van der Waals surface area contributed by atoms with Crippen LogP contribution in [0.5, 0.6) is 5.75 Å². The third-order valence-corrected chi connectivity index (χ3v) is 5.36. The monoisotopic (exact) mass is 511 g/mol. The summed E-state index contributed by atoms with van der Waals surface area (Å²) in [6.07, 6.45) is -8.29. The summed E-state index contributed by atoms with van der Waals surface area (Å²) in [5, 5.41) is 9.41. The van der Waals surface area contributed by atoms with Crippen LogP contribution in [0.2, 0.25) is 0 Å². The van der Waals surface area contributed by atoms with Crippen molar-refractivity contribution in [3.8, 4) is 5.75 Å². The van der Waals surface area contributed by atoms with E-state index in [0.29, 0.717) is 24.0 Å². The van der Waals surface area contributed by atoms with Crippen LogP contribution in [0.4, 0.5) is 26.3 Å². The van der Waals surface area contributed by atoms with Crippen LogP contribution in [0.1, 0.15) is 35.1 Å². The molecule has 0 saturated carbocycles. The maximum Gasteiger partial charge on any atom is 0.419 e. The van der Waals surface area contributed by atoms with Gasteiger partial charge in [0.15, 0.2) is 0 Å². The molecule has 0 saturated heterocycles. The van der Waals surface area contributed by atoms with E-state index in [-0.39, 0.29) is 31.8 Å². The number of aliphatic hydroxyl groups is 1.